The molecule has 0 aliphatic heterocycles. The number of aryl methyl sites for hydroxylation is 2. The fourth-order valence-corrected chi connectivity index (χ4v) is 1.68. The molecule has 17 heavy (non-hydrogen) atoms. The van der Waals surface area contributed by atoms with Crippen LogP contribution in [0.5, 0.6) is 0 Å². The van der Waals surface area contributed by atoms with Gasteiger partial charge in [0.25, 0.3) is 0 Å². The Bertz CT molecular complexity index is 387. The average molecular weight is 239 g/mol. The molecule has 2 unspecified atom stereocenters. The Morgan fingerprint density at radius 1 is 1.41 bits per heavy atom. The first-order chi connectivity index (χ1) is 8.04. The fraction of sp³-hybridized carbons (Fsp3) is 0.727. The van der Waals surface area contributed by atoms with Crippen LogP contribution in [0.4, 0.5) is 0 Å². The van der Waals surface area contributed by atoms with Crippen molar-refractivity contribution in [1.29, 1.82) is 0 Å². The lowest BCUT2D eigenvalue weighted by molar-refractivity contribution is -0.125. The zero-order chi connectivity index (χ0) is 13.0. The van der Waals surface area contributed by atoms with Crippen molar-refractivity contribution in [1.82, 2.24) is 20.2 Å². The standard InChI is InChI=1S/C11H21N5O/c1-5-9-13-10(6-2)16(15-9)8(4)7(3)11(17)14-12/h7-8H,5-6,12H2,1-4H3,(H,14,17). The summed E-state index contributed by atoms with van der Waals surface area (Å²) < 4.78 is 1.83. The van der Waals surface area contributed by atoms with Crippen LogP contribution in [0.3, 0.4) is 0 Å². The van der Waals surface area contributed by atoms with Gasteiger partial charge in [0.2, 0.25) is 5.91 Å². The van der Waals surface area contributed by atoms with E-state index in [4.69, 9.17) is 5.84 Å². The van der Waals surface area contributed by atoms with Gasteiger partial charge >= 0.3 is 0 Å². The summed E-state index contributed by atoms with van der Waals surface area (Å²) in [7, 11) is 0. The van der Waals surface area contributed by atoms with E-state index < -0.39 is 0 Å². The van der Waals surface area contributed by atoms with Crippen molar-refractivity contribution >= 4 is 5.91 Å². The normalized spacial score (nSPS) is 14.4. The molecule has 0 aromatic carbocycles. The molecule has 0 radical (unpaired) electrons. The molecule has 1 aromatic rings. The number of amides is 1. The number of nitrogens with one attached hydrogen (secondary N) is 1. The molecule has 0 saturated heterocycles. The summed E-state index contributed by atoms with van der Waals surface area (Å²) in [5.74, 6) is 6.44. The van der Waals surface area contributed by atoms with E-state index in [1.807, 2.05) is 32.4 Å². The van der Waals surface area contributed by atoms with E-state index in [-0.39, 0.29) is 17.9 Å². The maximum atomic E-state index is 11.5. The van der Waals surface area contributed by atoms with Gasteiger partial charge in [-0.2, -0.15) is 5.10 Å². The van der Waals surface area contributed by atoms with E-state index in [2.05, 4.69) is 15.5 Å². The molecule has 0 aliphatic carbocycles. The second kappa shape index (κ2) is 5.77. The van der Waals surface area contributed by atoms with Crippen LogP contribution >= 0.6 is 0 Å². The molecular formula is C11H21N5O. The number of nitrogens with zero attached hydrogens (tertiary/aromatic N) is 3. The summed E-state index contributed by atoms with van der Waals surface area (Å²) in [5, 5.41) is 4.42. The van der Waals surface area contributed by atoms with Crippen LogP contribution in [0.2, 0.25) is 0 Å². The highest BCUT2D eigenvalue weighted by Crippen LogP contribution is 2.19. The first kappa shape index (κ1) is 13.6. The molecule has 1 heterocycles. The van der Waals surface area contributed by atoms with Crippen molar-refractivity contribution in [2.75, 3.05) is 0 Å². The molecule has 6 nitrogen and oxygen atoms in total. The summed E-state index contributed by atoms with van der Waals surface area (Å²) in [6, 6.07) is -0.0544. The predicted molar refractivity (Wildman–Crippen MR) is 65.0 cm³/mol. The van der Waals surface area contributed by atoms with Crippen LogP contribution < -0.4 is 11.3 Å². The average Bonchev–Trinajstić information content (AvgIpc) is 2.79. The van der Waals surface area contributed by atoms with E-state index in [0.717, 1.165) is 24.5 Å². The highest BCUT2D eigenvalue weighted by molar-refractivity contribution is 5.78. The van der Waals surface area contributed by atoms with Crippen LogP contribution in [-0.2, 0) is 17.6 Å². The van der Waals surface area contributed by atoms with E-state index in [1.165, 1.54) is 0 Å². The topological polar surface area (TPSA) is 85.8 Å². The maximum absolute atomic E-state index is 11.5. The fourth-order valence-electron chi connectivity index (χ4n) is 1.68. The Hall–Kier alpha value is -1.43. The van der Waals surface area contributed by atoms with Gasteiger partial charge in [-0.1, -0.05) is 20.8 Å². The Balaban J connectivity index is 2.97. The van der Waals surface area contributed by atoms with E-state index >= 15 is 0 Å². The van der Waals surface area contributed by atoms with Crippen molar-refractivity contribution < 1.29 is 4.79 Å². The van der Waals surface area contributed by atoms with Crippen LogP contribution in [-0.4, -0.2) is 20.7 Å². The lowest BCUT2D eigenvalue weighted by Crippen LogP contribution is -2.38. The van der Waals surface area contributed by atoms with Crippen molar-refractivity contribution in [2.24, 2.45) is 11.8 Å². The predicted octanol–water partition coefficient (Wildman–Crippen LogP) is 0.590. The van der Waals surface area contributed by atoms with Gasteiger partial charge < -0.3 is 0 Å². The number of hydrogen-bond acceptors (Lipinski definition) is 4. The minimum Gasteiger partial charge on any atom is -0.294 e. The largest absolute Gasteiger partial charge is 0.294 e. The molecule has 3 N–H and O–H groups in total. The zero-order valence-corrected chi connectivity index (χ0v) is 10.9. The van der Waals surface area contributed by atoms with Crippen LogP contribution in [0.25, 0.3) is 0 Å². The second-order valence-corrected chi connectivity index (χ2v) is 4.13. The van der Waals surface area contributed by atoms with E-state index in [1.54, 1.807) is 0 Å². The third kappa shape index (κ3) is 2.82. The van der Waals surface area contributed by atoms with Crippen LogP contribution in [0, 0.1) is 5.92 Å². The van der Waals surface area contributed by atoms with Gasteiger partial charge in [0, 0.05) is 12.8 Å². The molecule has 96 valence electrons. The number of hydrazine groups is 1. The van der Waals surface area contributed by atoms with Gasteiger partial charge in [0.1, 0.15) is 5.82 Å². The molecular weight excluding hydrogens is 218 g/mol. The number of carbonyl (C=O) groups is 1. The van der Waals surface area contributed by atoms with Crippen LogP contribution in [0.15, 0.2) is 0 Å². The number of hydrogen-bond donors (Lipinski definition) is 2. The van der Waals surface area contributed by atoms with Gasteiger partial charge in [-0.3, -0.25) is 10.2 Å². The van der Waals surface area contributed by atoms with Gasteiger partial charge in [-0.25, -0.2) is 15.5 Å². The lowest BCUT2D eigenvalue weighted by Gasteiger charge is -2.19. The van der Waals surface area contributed by atoms with Crippen molar-refractivity contribution in [3.05, 3.63) is 11.6 Å². The quantitative estimate of drug-likeness (QED) is 0.447. The molecule has 1 rings (SSSR count). The summed E-state index contributed by atoms with van der Waals surface area (Å²) in [6.45, 7) is 7.83. The minimum absolute atomic E-state index is 0.0544. The minimum atomic E-state index is -0.239. The van der Waals surface area contributed by atoms with Gasteiger partial charge in [-0.15, -0.1) is 0 Å². The maximum Gasteiger partial charge on any atom is 0.238 e. The molecule has 2 atom stereocenters. The van der Waals surface area contributed by atoms with E-state index in [0.29, 0.717) is 0 Å². The van der Waals surface area contributed by atoms with Gasteiger partial charge in [0.15, 0.2) is 5.82 Å². The molecule has 1 aromatic heterocycles. The van der Waals surface area contributed by atoms with Gasteiger partial charge in [-0.05, 0) is 6.92 Å². The monoisotopic (exact) mass is 239 g/mol. The molecule has 0 bridgehead atoms. The first-order valence-electron chi connectivity index (χ1n) is 5.99. The Morgan fingerprint density at radius 2 is 2.06 bits per heavy atom. The lowest BCUT2D eigenvalue weighted by atomic mass is 10.0. The second-order valence-electron chi connectivity index (χ2n) is 4.13. The Kier molecular flexibility index (Phi) is 4.62. The molecule has 0 saturated carbocycles. The smallest absolute Gasteiger partial charge is 0.238 e. The molecule has 6 heteroatoms. The number of aromatic nitrogens is 3. The number of carbonyl (C=O) groups excluding carboxylic acids is 1. The highest BCUT2D eigenvalue weighted by Gasteiger charge is 2.24. The number of nitrogens with two attached hydrogens (primary N) is 1. The Labute approximate surface area is 102 Å². The summed E-state index contributed by atoms with van der Waals surface area (Å²) in [4.78, 5) is 15.9. The summed E-state index contributed by atoms with van der Waals surface area (Å²) in [6.07, 6.45) is 1.60. The van der Waals surface area contributed by atoms with E-state index in [9.17, 15) is 4.79 Å². The Morgan fingerprint density at radius 3 is 2.53 bits per heavy atom. The van der Waals surface area contributed by atoms with Gasteiger partial charge in [0.05, 0.1) is 12.0 Å². The highest BCUT2D eigenvalue weighted by atomic mass is 16.2. The zero-order valence-electron chi connectivity index (χ0n) is 10.9. The van der Waals surface area contributed by atoms with Crippen LogP contribution in [0.1, 0.15) is 45.4 Å². The third-order valence-corrected chi connectivity index (χ3v) is 3.04. The molecule has 0 aliphatic rings. The SMILES string of the molecule is CCc1nc(CC)n(C(C)C(C)C(=O)NN)n1. The molecule has 1 amide bonds. The third-order valence-electron chi connectivity index (χ3n) is 3.04. The molecule has 0 spiro atoms. The summed E-state index contributed by atoms with van der Waals surface area (Å²) in [5.41, 5.74) is 2.17. The number of rotatable bonds is 5. The summed E-state index contributed by atoms with van der Waals surface area (Å²) >= 11 is 0. The van der Waals surface area contributed by atoms with Crippen molar-refractivity contribution in [2.45, 2.75) is 46.6 Å². The van der Waals surface area contributed by atoms with Crippen molar-refractivity contribution in [3.63, 3.8) is 0 Å². The first-order valence-corrected chi connectivity index (χ1v) is 5.99. The molecule has 0 fully saturated rings. The van der Waals surface area contributed by atoms with Crippen molar-refractivity contribution in [3.8, 4) is 0 Å².